The summed E-state index contributed by atoms with van der Waals surface area (Å²) in [5, 5.41) is 10.4. The summed E-state index contributed by atoms with van der Waals surface area (Å²) in [5.41, 5.74) is 2.54. The van der Waals surface area contributed by atoms with E-state index in [1.165, 1.54) is 23.5 Å². The summed E-state index contributed by atoms with van der Waals surface area (Å²) in [5.74, 6) is -2.01. The number of aromatic carboxylic acids is 1. The Morgan fingerprint density at radius 2 is 2.27 bits per heavy atom. The van der Waals surface area contributed by atoms with Crippen molar-refractivity contribution in [3.05, 3.63) is 40.5 Å². The van der Waals surface area contributed by atoms with Crippen LogP contribution in [0, 0.1) is 5.82 Å². The quantitative estimate of drug-likeness (QED) is 0.851. The first-order chi connectivity index (χ1) is 7.18. The average molecular weight is 223 g/mol. The molecule has 0 radical (unpaired) electrons. The molecule has 0 unspecified atom stereocenters. The summed E-state index contributed by atoms with van der Waals surface area (Å²) in [4.78, 5) is 14.6. The first kappa shape index (κ1) is 9.79. The lowest BCUT2D eigenvalue weighted by molar-refractivity contribution is 0.0692. The third-order valence-corrected chi connectivity index (χ3v) is 2.51. The number of rotatable bonds is 2. The van der Waals surface area contributed by atoms with E-state index in [0.29, 0.717) is 11.3 Å². The van der Waals surface area contributed by atoms with E-state index >= 15 is 0 Å². The molecule has 1 heterocycles. The smallest absolute Gasteiger partial charge is 0.338 e. The fourth-order valence-corrected chi connectivity index (χ4v) is 1.76. The lowest BCUT2D eigenvalue weighted by Crippen LogP contribution is -2.00. The predicted molar refractivity (Wildman–Crippen MR) is 54.5 cm³/mol. The Morgan fingerprint density at radius 3 is 2.80 bits per heavy atom. The summed E-state index contributed by atoms with van der Waals surface area (Å²) >= 11 is 1.40. The van der Waals surface area contributed by atoms with E-state index in [1.54, 1.807) is 17.0 Å². The number of aromatic nitrogens is 1. The van der Waals surface area contributed by atoms with E-state index in [0.717, 1.165) is 0 Å². The van der Waals surface area contributed by atoms with Gasteiger partial charge >= 0.3 is 5.97 Å². The number of hydrogen-bond acceptors (Lipinski definition) is 3. The summed E-state index contributed by atoms with van der Waals surface area (Å²) in [7, 11) is 0. The molecular weight excluding hydrogens is 217 g/mol. The molecule has 1 N–H and O–H groups in total. The SMILES string of the molecule is O=C(O)c1ccc(-c2cscn2)cc1F. The molecule has 0 saturated carbocycles. The highest BCUT2D eigenvalue weighted by molar-refractivity contribution is 7.07. The number of thiazole rings is 1. The molecule has 76 valence electrons. The van der Waals surface area contributed by atoms with E-state index < -0.39 is 11.8 Å². The zero-order chi connectivity index (χ0) is 10.8. The Labute approximate surface area is 88.8 Å². The molecule has 0 aliphatic carbocycles. The van der Waals surface area contributed by atoms with E-state index in [-0.39, 0.29) is 5.56 Å². The molecular formula is C10H6FNO2S. The van der Waals surface area contributed by atoms with Gasteiger partial charge in [-0.25, -0.2) is 14.2 Å². The van der Waals surface area contributed by atoms with Crippen molar-refractivity contribution in [1.82, 2.24) is 4.98 Å². The van der Waals surface area contributed by atoms with Gasteiger partial charge in [0.15, 0.2) is 0 Å². The number of halogens is 1. The molecule has 0 saturated heterocycles. The average Bonchev–Trinajstić information content (AvgIpc) is 2.69. The Morgan fingerprint density at radius 1 is 1.47 bits per heavy atom. The number of carboxylic acid groups (broad SMARTS) is 1. The van der Waals surface area contributed by atoms with E-state index in [2.05, 4.69) is 4.98 Å². The number of carbonyl (C=O) groups is 1. The van der Waals surface area contributed by atoms with Gasteiger partial charge in [-0.05, 0) is 12.1 Å². The van der Waals surface area contributed by atoms with Crippen LogP contribution in [0.4, 0.5) is 4.39 Å². The summed E-state index contributed by atoms with van der Waals surface area (Å²) < 4.78 is 13.3. The van der Waals surface area contributed by atoms with Crippen molar-refractivity contribution in [3.63, 3.8) is 0 Å². The molecule has 1 aromatic carbocycles. The normalized spacial score (nSPS) is 10.2. The topological polar surface area (TPSA) is 50.2 Å². The van der Waals surface area contributed by atoms with Crippen molar-refractivity contribution < 1.29 is 14.3 Å². The molecule has 2 aromatic rings. The first-order valence-electron chi connectivity index (χ1n) is 4.10. The minimum Gasteiger partial charge on any atom is -0.478 e. The van der Waals surface area contributed by atoms with Crippen LogP contribution in [0.1, 0.15) is 10.4 Å². The Kier molecular flexibility index (Phi) is 2.47. The second-order valence-corrected chi connectivity index (χ2v) is 3.59. The highest BCUT2D eigenvalue weighted by atomic mass is 32.1. The van der Waals surface area contributed by atoms with E-state index in [9.17, 15) is 9.18 Å². The van der Waals surface area contributed by atoms with Crippen LogP contribution in [0.5, 0.6) is 0 Å². The lowest BCUT2D eigenvalue weighted by atomic mass is 10.1. The molecule has 0 bridgehead atoms. The minimum absolute atomic E-state index is 0.325. The maximum atomic E-state index is 13.3. The van der Waals surface area contributed by atoms with Crippen LogP contribution in [0.3, 0.4) is 0 Å². The summed E-state index contributed by atoms with van der Waals surface area (Å²) in [6.45, 7) is 0. The Hall–Kier alpha value is -1.75. The molecule has 0 aliphatic heterocycles. The standard InChI is InChI=1S/C10H6FNO2S/c11-8-3-6(9-4-15-5-12-9)1-2-7(8)10(13)14/h1-5H,(H,13,14). The monoisotopic (exact) mass is 223 g/mol. The van der Waals surface area contributed by atoms with Crippen molar-refractivity contribution in [1.29, 1.82) is 0 Å². The largest absolute Gasteiger partial charge is 0.478 e. The third-order valence-electron chi connectivity index (χ3n) is 1.93. The summed E-state index contributed by atoms with van der Waals surface area (Å²) in [6, 6.07) is 3.96. The predicted octanol–water partition coefficient (Wildman–Crippen LogP) is 2.65. The van der Waals surface area contributed by atoms with Gasteiger partial charge < -0.3 is 5.11 Å². The van der Waals surface area contributed by atoms with Crippen LogP contribution in [0.15, 0.2) is 29.1 Å². The van der Waals surface area contributed by atoms with E-state index in [1.807, 2.05) is 0 Å². The molecule has 5 heteroatoms. The second-order valence-electron chi connectivity index (χ2n) is 2.87. The van der Waals surface area contributed by atoms with Gasteiger partial charge in [0.2, 0.25) is 0 Å². The molecule has 0 spiro atoms. The van der Waals surface area contributed by atoms with E-state index in [4.69, 9.17) is 5.11 Å². The summed E-state index contributed by atoms with van der Waals surface area (Å²) in [6.07, 6.45) is 0. The molecule has 15 heavy (non-hydrogen) atoms. The molecule has 2 rings (SSSR count). The van der Waals surface area contributed by atoms with Gasteiger partial charge in [0.25, 0.3) is 0 Å². The van der Waals surface area contributed by atoms with Crippen LogP contribution in [0.2, 0.25) is 0 Å². The molecule has 0 fully saturated rings. The fourth-order valence-electron chi connectivity index (χ4n) is 1.20. The number of benzene rings is 1. The Bertz CT molecular complexity index is 496. The maximum absolute atomic E-state index is 13.3. The van der Waals surface area contributed by atoms with Crippen LogP contribution in [0.25, 0.3) is 11.3 Å². The highest BCUT2D eigenvalue weighted by Crippen LogP contribution is 2.21. The van der Waals surface area contributed by atoms with Gasteiger partial charge in [-0.2, -0.15) is 0 Å². The lowest BCUT2D eigenvalue weighted by Gasteiger charge is -2.00. The van der Waals surface area contributed by atoms with Gasteiger partial charge in [0, 0.05) is 10.9 Å². The number of carboxylic acids is 1. The molecule has 3 nitrogen and oxygen atoms in total. The maximum Gasteiger partial charge on any atom is 0.338 e. The number of hydrogen-bond donors (Lipinski definition) is 1. The first-order valence-corrected chi connectivity index (χ1v) is 5.04. The highest BCUT2D eigenvalue weighted by Gasteiger charge is 2.11. The minimum atomic E-state index is -1.27. The van der Waals surface area contributed by atoms with Gasteiger partial charge in [-0.15, -0.1) is 11.3 Å². The van der Waals surface area contributed by atoms with Crippen molar-refractivity contribution in [2.24, 2.45) is 0 Å². The molecule has 0 amide bonds. The van der Waals surface area contributed by atoms with Gasteiger partial charge in [0.1, 0.15) is 5.82 Å². The fraction of sp³-hybridized carbons (Fsp3) is 0. The third kappa shape index (κ3) is 1.87. The zero-order valence-electron chi connectivity index (χ0n) is 7.48. The van der Waals surface area contributed by atoms with Crippen molar-refractivity contribution >= 4 is 17.3 Å². The number of nitrogens with zero attached hydrogens (tertiary/aromatic N) is 1. The van der Waals surface area contributed by atoms with Crippen LogP contribution in [-0.2, 0) is 0 Å². The van der Waals surface area contributed by atoms with Crippen molar-refractivity contribution in [2.45, 2.75) is 0 Å². The van der Waals surface area contributed by atoms with Crippen LogP contribution in [-0.4, -0.2) is 16.1 Å². The van der Waals surface area contributed by atoms with Gasteiger partial charge in [-0.3, -0.25) is 0 Å². The van der Waals surface area contributed by atoms with Crippen LogP contribution < -0.4 is 0 Å². The zero-order valence-corrected chi connectivity index (χ0v) is 8.29. The molecule has 0 atom stereocenters. The molecule has 0 aliphatic rings. The molecule has 1 aromatic heterocycles. The van der Waals surface area contributed by atoms with Crippen LogP contribution >= 0.6 is 11.3 Å². The second kappa shape index (κ2) is 3.78. The van der Waals surface area contributed by atoms with Crippen molar-refractivity contribution in [2.75, 3.05) is 0 Å². The van der Waals surface area contributed by atoms with Gasteiger partial charge in [0.05, 0.1) is 16.8 Å². The van der Waals surface area contributed by atoms with Gasteiger partial charge in [-0.1, -0.05) is 6.07 Å². The van der Waals surface area contributed by atoms with Crippen molar-refractivity contribution in [3.8, 4) is 11.3 Å². The Balaban J connectivity index is 2.47.